The molecule has 0 saturated heterocycles. The van der Waals surface area contributed by atoms with Crippen LogP contribution >= 0.6 is 11.3 Å². The van der Waals surface area contributed by atoms with Gasteiger partial charge in [-0.1, -0.05) is 12.1 Å². The third-order valence-corrected chi connectivity index (χ3v) is 3.56. The van der Waals surface area contributed by atoms with Gasteiger partial charge in [-0.05, 0) is 23.8 Å². The van der Waals surface area contributed by atoms with Crippen LogP contribution in [0.5, 0.6) is 5.75 Å². The van der Waals surface area contributed by atoms with Gasteiger partial charge in [0.1, 0.15) is 5.75 Å². The molecule has 2 rings (SSSR count). The first-order valence-corrected chi connectivity index (χ1v) is 7.84. The third kappa shape index (κ3) is 5.91. The first-order valence-electron chi connectivity index (χ1n) is 6.96. The molecule has 23 heavy (non-hydrogen) atoms. The maximum absolute atomic E-state index is 11.7. The smallest absolute Gasteiger partial charge is 0.244 e. The number of nitrogens with one attached hydrogen (secondary N) is 2. The molecule has 120 valence electrons. The summed E-state index contributed by atoms with van der Waals surface area (Å²) in [5.41, 5.74) is 0.891. The molecular weight excluding hydrogens is 314 g/mol. The van der Waals surface area contributed by atoms with E-state index in [1.807, 2.05) is 24.3 Å². The summed E-state index contributed by atoms with van der Waals surface area (Å²) in [6.07, 6.45) is 4.94. The molecule has 0 bridgehead atoms. The molecule has 0 aliphatic heterocycles. The molecule has 2 N–H and O–H groups in total. The van der Waals surface area contributed by atoms with Crippen LogP contribution in [0.15, 0.2) is 41.9 Å². The van der Waals surface area contributed by atoms with Crippen LogP contribution in [-0.2, 0) is 9.59 Å². The van der Waals surface area contributed by atoms with E-state index in [0.29, 0.717) is 5.13 Å². The summed E-state index contributed by atoms with van der Waals surface area (Å²) >= 11 is 1.35. The minimum absolute atomic E-state index is 0.181. The maximum atomic E-state index is 11.7. The van der Waals surface area contributed by atoms with Gasteiger partial charge in [0.25, 0.3) is 0 Å². The fraction of sp³-hybridized carbons (Fsp3) is 0.188. The van der Waals surface area contributed by atoms with Crippen molar-refractivity contribution < 1.29 is 14.3 Å². The van der Waals surface area contributed by atoms with Crippen molar-refractivity contribution in [2.75, 3.05) is 19.0 Å². The summed E-state index contributed by atoms with van der Waals surface area (Å²) in [7, 11) is 1.60. The molecule has 6 nitrogen and oxygen atoms in total. The summed E-state index contributed by atoms with van der Waals surface area (Å²) in [6.45, 7) is 0.267. The van der Waals surface area contributed by atoms with E-state index in [-0.39, 0.29) is 24.8 Å². The SMILES string of the molecule is COc1ccc(/C=C/C(=O)NCCC(=O)Nc2nccs2)cc1. The van der Waals surface area contributed by atoms with E-state index in [2.05, 4.69) is 15.6 Å². The Hall–Kier alpha value is -2.67. The predicted molar refractivity (Wildman–Crippen MR) is 90.4 cm³/mol. The lowest BCUT2D eigenvalue weighted by Crippen LogP contribution is -2.26. The van der Waals surface area contributed by atoms with E-state index in [1.165, 1.54) is 17.4 Å². The third-order valence-electron chi connectivity index (χ3n) is 2.87. The molecule has 1 aromatic heterocycles. The molecule has 0 spiro atoms. The second-order valence-electron chi connectivity index (χ2n) is 4.53. The summed E-state index contributed by atoms with van der Waals surface area (Å²) in [4.78, 5) is 27.2. The molecule has 1 heterocycles. The van der Waals surface area contributed by atoms with Gasteiger partial charge >= 0.3 is 0 Å². The summed E-state index contributed by atoms with van der Waals surface area (Å²) in [5.74, 6) is 0.333. The Morgan fingerprint density at radius 2 is 2.09 bits per heavy atom. The molecule has 0 fully saturated rings. The number of amides is 2. The van der Waals surface area contributed by atoms with Gasteiger partial charge in [-0.25, -0.2) is 4.98 Å². The van der Waals surface area contributed by atoms with Crippen LogP contribution in [0, 0.1) is 0 Å². The Kier molecular flexibility index (Phi) is 6.31. The molecular formula is C16H17N3O3S. The zero-order valence-electron chi connectivity index (χ0n) is 12.6. The highest BCUT2D eigenvalue weighted by Crippen LogP contribution is 2.12. The lowest BCUT2D eigenvalue weighted by molar-refractivity contribution is -0.117. The largest absolute Gasteiger partial charge is 0.497 e. The number of hydrogen-bond acceptors (Lipinski definition) is 5. The van der Waals surface area contributed by atoms with Crippen molar-refractivity contribution in [2.45, 2.75) is 6.42 Å². The molecule has 0 radical (unpaired) electrons. The Morgan fingerprint density at radius 3 is 2.74 bits per heavy atom. The average molecular weight is 331 g/mol. The lowest BCUT2D eigenvalue weighted by Gasteiger charge is -2.03. The van der Waals surface area contributed by atoms with E-state index in [0.717, 1.165) is 11.3 Å². The Morgan fingerprint density at radius 1 is 1.30 bits per heavy atom. The van der Waals surface area contributed by atoms with Gasteiger partial charge in [0, 0.05) is 30.6 Å². The number of aromatic nitrogens is 1. The van der Waals surface area contributed by atoms with E-state index in [4.69, 9.17) is 4.74 Å². The summed E-state index contributed by atoms with van der Waals surface area (Å²) in [6, 6.07) is 7.34. The number of ether oxygens (including phenoxy) is 1. The highest BCUT2D eigenvalue weighted by molar-refractivity contribution is 7.13. The van der Waals surface area contributed by atoms with Crippen molar-refractivity contribution >= 4 is 34.4 Å². The fourth-order valence-corrected chi connectivity index (χ4v) is 2.26. The van der Waals surface area contributed by atoms with Crippen LogP contribution in [0.1, 0.15) is 12.0 Å². The fourth-order valence-electron chi connectivity index (χ4n) is 1.71. The van der Waals surface area contributed by atoms with E-state index in [9.17, 15) is 9.59 Å². The van der Waals surface area contributed by atoms with Gasteiger partial charge in [0.05, 0.1) is 7.11 Å². The van der Waals surface area contributed by atoms with Crippen molar-refractivity contribution in [2.24, 2.45) is 0 Å². The summed E-state index contributed by atoms with van der Waals surface area (Å²) in [5, 5.41) is 7.64. The molecule has 2 amide bonds. The number of carbonyl (C=O) groups excluding carboxylic acids is 2. The first kappa shape index (κ1) is 16.7. The Balaban J connectivity index is 1.69. The molecule has 0 aliphatic carbocycles. The molecule has 0 aliphatic rings. The Labute approximate surface area is 138 Å². The van der Waals surface area contributed by atoms with Crippen molar-refractivity contribution in [1.29, 1.82) is 0 Å². The number of thiazole rings is 1. The van der Waals surface area contributed by atoms with Gasteiger partial charge < -0.3 is 15.4 Å². The van der Waals surface area contributed by atoms with Crippen LogP contribution in [0.4, 0.5) is 5.13 Å². The van der Waals surface area contributed by atoms with Crippen LogP contribution in [0.3, 0.4) is 0 Å². The van der Waals surface area contributed by atoms with Crippen LogP contribution < -0.4 is 15.4 Å². The lowest BCUT2D eigenvalue weighted by atomic mass is 10.2. The highest BCUT2D eigenvalue weighted by atomic mass is 32.1. The molecule has 2 aromatic rings. The van der Waals surface area contributed by atoms with E-state index < -0.39 is 0 Å². The molecule has 0 atom stereocenters. The van der Waals surface area contributed by atoms with Gasteiger partial charge in [0.15, 0.2) is 5.13 Å². The van der Waals surface area contributed by atoms with Gasteiger partial charge in [-0.3, -0.25) is 9.59 Å². The van der Waals surface area contributed by atoms with Crippen molar-refractivity contribution in [3.63, 3.8) is 0 Å². The number of hydrogen-bond donors (Lipinski definition) is 2. The number of carbonyl (C=O) groups is 2. The van der Waals surface area contributed by atoms with Crippen molar-refractivity contribution in [3.8, 4) is 5.75 Å². The van der Waals surface area contributed by atoms with Crippen LogP contribution in [-0.4, -0.2) is 30.5 Å². The van der Waals surface area contributed by atoms with Crippen LogP contribution in [0.25, 0.3) is 6.08 Å². The molecule has 0 saturated carbocycles. The quantitative estimate of drug-likeness (QED) is 0.763. The number of nitrogens with zero attached hydrogens (tertiary/aromatic N) is 1. The minimum Gasteiger partial charge on any atom is -0.497 e. The van der Waals surface area contributed by atoms with Gasteiger partial charge in [0.2, 0.25) is 11.8 Å². The topological polar surface area (TPSA) is 80.3 Å². The van der Waals surface area contributed by atoms with Crippen LogP contribution in [0.2, 0.25) is 0 Å². The first-order chi connectivity index (χ1) is 11.2. The van der Waals surface area contributed by atoms with E-state index in [1.54, 1.807) is 24.8 Å². The predicted octanol–water partition coefficient (Wildman–Crippen LogP) is 2.31. The molecule has 7 heteroatoms. The number of rotatable bonds is 7. The average Bonchev–Trinajstić information content (AvgIpc) is 3.06. The summed E-state index contributed by atoms with van der Waals surface area (Å²) < 4.78 is 5.06. The maximum Gasteiger partial charge on any atom is 0.244 e. The number of methoxy groups -OCH3 is 1. The normalized spacial score (nSPS) is 10.5. The van der Waals surface area contributed by atoms with Gasteiger partial charge in [-0.2, -0.15) is 0 Å². The van der Waals surface area contributed by atoms with Crippen molar-refractivity contribution in [1.82, 2.24) is 10.3 Å². The number of anilines is 1. The van der Waals surface area contributed by atoms with Gasteiger partial charge in [-0.15, -0.1) is 11.3 Å². The highest BCUT2D eigenvalue weighted by Gasteiger charge is 2.04. The molecule has 0 unspecified atom stereocenters. The standard InChI is InChI=1S/C16H17N3O3S/c1-22-13-5-2-12(3-6-13)4-7-14(20)17-9-8-15(21)19-16-18-10-11-23-16/h2-7,10-11H,8-9H2,1H3,(H,17,20)(H,18,19,21)/b7-4+. The van der Waals surface area contributed by atoms with Crippen molar-refractivity contribution in [3.05, 3.63) is 47.5 Å². The van der Waals surface area contributed by atoms with E-state index >= 15 is 0 Å². The zero-order valence-corrected chi connectivity index (χ0v) is 13.4. The minimum atomic E-state index is -0.247. The monoisotopic (exact) mass is 331 g/mol. The second-order valence-corrected chi connectivity index (χ2v) is 5.43. The Bertz CT molecular complexity index is 666. The zero-order chi connectivity index (χ0) is 16.5. The second kappa shape index (κ2) is 8.70. The number of benzene rings is 1. The molecule has 1 aromatic carbocycles.